The molecule has 0 saturated carbocycles. The predicted molar refractivity (Wildman–Crippen MR) is 83.0 cm³/mol. The minimum Gasteiger partial charge on any atom is -0.310 e. The van der Waals surface area contributed by atoms with Gasteiger partial charge in [0.1, 0.15) is 0 Å². The molecule has 1 N–H and O–H groups in total. The predicted octanol–water partition coefficient (Wildman–Crippen LogP) is 3.77. The summed E-state index contributed by atoms with van der Waals surface area (Å²) in [6.45, 7) is 10.1. The van der Waals surface area contributed by atoms with Crippen LogP contribution in [0.5, 0.6) is 0 Å². The smallest absolute Gasteiger partial charge is 0.0863 e. The first-order valence-corrected chi connectivity index (χ1v) is 7.61. The van der Waals surface area contributed by atoms with E-state index in [1.165, 1.54) is 0 Å². The molecule has 0 saturated heterocycles. The highest BCUT2D eigenvalue weighted by Gasteiger charge is 2.17. The van der Waals surface area contributed by atoms with E-state index in [1.807, 2.05) is 11.7 Å². The largest absolute Gasteiger partial charge is 0.310 e. The third kappa shape index (κ3) is 5.33. The van der Waals surface area contributed by atoms with Gasteiger partial charge in [0.2, 0.25) is 0 Å². The summed E-state index contributed by atoms with van der Waals surface area (Å²) in [5.74, 6) is 0. The van der Waals surface area contributed by atoms with Crippen molar-refractivity contribution >= 4 is 23.2 Å². The summed E-state index contributed by atoms with van der Waals surface area (Å²) in [4.78, 5) is 0. The van der Waals surface area contributed by atoms with Crippen molar-refractivity contribution in [3.8, 4) is 0 Å². The molecule has 0 bridgehead atoms. The molecule has 0 aliphatic rings. The van der Waals surface area contributed by atoms with Gasteiger partial charge < -0.3 is 5.32 Å². The van der Waals surface area contributed by atoms with Crippen molar-refractivity contribution < 1.29 is 0 Å². The van der Waals surface area contributed by atoms with Crippen molar-refractivity contribution in [2.24, 2.45) is 12.5 Å². The number of nitrogens with zero attached hydrogens (tertiary/aromatic N) is 2. The first-order chi connectivity index (χ1) is 8.74. The first-order valence-electron chi connectivity index (χ1n) is 6.79. The number of halogens is 2. The highest BCUT2D eigenvalue weighted by atomic mass is 35.5. The number of rotatable bonds is 6. The Labute approximate surface area is 126 Å². The lowest BCUT2D eigenvalue weighted by Crippen LogP contribution is -2.27. The first kappa shape index (κ1) is 16.8. The maximum atomic E-state index is 6.33. The van der Waals surface area contributed by atoms with E-state index in [0.717, 1.165) is 35.8 Å². The highest BCUT2D eigenvalue weighted by Crippen LogP contribution is 2.24. The maximum Gasteiger partial charge on any atom is 0.0863 e. The van der Waals surface area contributed by atoms with Crippen molar-refractivity contribution in [1.29, 1.82) is 0 Å². The van der Waals surface area contributed by atoms with Crippen LogP contribution in [-0.4, -0.2) is 21.7 Å². The second kappa shape index (κ2) is 6.96. The van der Waals surface area contributed by atoms with Gasteiger partial charge in [-0.15, -0.1) is 11.6 Å². The molecule has 0 aliphatic heterocycles. The minimum absolute atomic E-state index is 0.137. The van der Waals surface area contributed by atoms with E-state index in [-0.39, 0.29) is 10.8 Å². The van der Waals surface area contributed by atoms with Gasteiger partial charge in [-0.1, -0.05) is 39.3 Å². The number of nitrogens with one attached hydrogen (secondary N) is 1. The lowest BCUT2D eigenvalue weighted by atomic mass is 9.90. The van der Waals surface area contributed by atoms with E-state index in [1.54, 1.807) is 0 Å². The molecule has 5 heteroatoms. The van der Waals surface area contributed by atoms with Crippen LogP contribution in [0.25, 0.3) is 0 Å². The van der Waals surface area contributed by atoms with Crippen molar-refractivity contribution in [1.82, 2.24) is 15.1 Å². The molecule has 1 heterocycles. The lowest BCUT2D eigenvalue weighted by Gasteiger charge is -2.22. The summed E-state index contributed by atoms with van der Waals surface area (Å²) >= 11 is 12.6. The van der Waals surface area contributed by atoms with Crippen LogP contribution in [0, 0.1) is 5.41 Å². The van der Waals surface area contributed by atoms with Crippen LogP contribution >= 0.6 is 23.2 Å². The second-order valence-corrected chi connectivity index (χ2v) is 7.17. The molecule has 19 heavy (non-hydrogen) atoms. The molecule has 1 aromatic rings. The highest BCUT2D eigenvalue weighted by molar-refractivity contribution is 6.31. The fraction of sp³-hybridized carbons (Fsp3) is 0.786. The van der Waals surface area contributed by atoms with E-state index in [9.17, 15) is 0 Å². The summed E-state index contributed by atoms with van der Waals surface area (Å²) in [6, 6.07) is 0. The quantitative estimate of drug-likeness (QED) is 0.811. The number of alkyl halides is 1. The summed E-state index contributed by atoms with van der Waals surface area (Å²) < 4.78 is 1.85. The molecule has 0 amide bonds. The minimum atomic E-state index is 0.137. The van der Waals surface area contributed by atoms with Crippen LogP contribution in [0.1, 0.15) is 45.5 Å². The number of aryl methyl sites for hydroxylation is 2. The Kier molecular flexibility index (Phi) is 6.15. The van der Waals surface area contributed by atoms with Gasteiger partial charge in [0.05, 0.1) is 16.4 Å². The Morgan fingerprint density at radius 3 is 2.47 bits per heavy atom. The van der Waals surface area contributed by atoms with E-state index in [0.29, 0.717) is 6.54 Å². The van der Waals surface area contributed by atoms with E-state index in [2.05, 4.69) is 38.1 Å². The van der Waals surface area contributed by atoms with Crippen LogP contribution in [0.15, 0.2) is 0 Å². The van der Waals surface area contributed by atoms with Gasteiger partial charge in [0.25, 0.3) is 0 Å². The molecule has 0 aliphatic carbocycles. The summed E-state index contributed by atoms with van der Waals surface area (Å²) in [7, 11) is 1.93. The van der Waals surface area contributed by atoms with E-state index >= 15 is 0 Å². The number of hydrogen-bond acceptors (Lipinski definition) is 2. The average Bonchev–Trinajstić information content (AvgIpc) is 2.53. The molecule has 1 atom stereocenters. The topological polar surface area (TPSA) is 29.9 Å². The van der Waals surface area contributed by atoms with Crippen LogP contribution < -0.4 is 5.32 Å². The van der Waals surface area contributed by atoms with Gasteiger partial charge in [-0.25, -0.2) is 0 Å². The SMILES string of the molecule is CCc1nn(C)c(CNCC(Cl)CC(C)(C)C)c1Cl. The molecule has 0 spiro atoms. The summed E-state index contributed by atoms with van der Waals surface area (Å²) in [5, 5.41) is 8.68. The van der Waals surface area contributed by atoms with Crippen LogP contribution in [0.3, 0.4) is 0 Å². The molecular weight excluding hydrogens is 281 g/mol. The lowest BCUT2D eigenvalue weighted by molar-refractivity contribution is 0.364. The van der Waals surface area contributed by atoms with Gasteiger partial charge in [-0.2, -0.15) is 5.10 Å². The molecular formula is C14H25Cl2N3. The molecule has 0 aromatic carbocycles. The van der Waals surface area contributed by atoms with Crippen molar-refractivity contribution in [2.45, 2.75) is 52.5 Å². The molecule has 1 aromatic heterocycles. The summed E-state index contributed by atoms with van der Waals surface area (Å²) in [5.41, 5.74) is 2.24. The van der Waals surface area contributed by atoms with E-state index < -0.39 is 0 Å². The normalized spacial score (nSPS) is 13.8. The second-order valence-electron chi connectivity index (χ2n) is 6.18. The summed E-state index contributed by atoms with van der Waals surface area (Å²) in [6.07, 6.45) is 1.84. The van der Waals surface area contributed by atoms with Crippen molar-refractivity contribution in [3.63, 3.8) is 0 Å². The van der Waals surface area contributed by atoms with E-state index in [4.69, 9.17) is 23.2 Å². The Hall–Kier alpha value is -0.250. The van der Waals surface area contributed by atoms with Gasteiger partial charge in [-0.3, -0.25) is 4.68 Å². The van der Waals surface area contributed by atoms with Gasteiger partial charge in [-0.05, 0) is 18.3 Å². The molecule has 0 fully saturated rings. The van der Waals surface area contributed by atoms with Crippen LogP contribution in [0.2, 0.25) is 5.02 Å². The molecule has 110 valence electrons. The fourth-order valence-electron chi connectivity index (χ4n) is 2.10. The Bertz CT molecular complexity index is 408. The van der Waals surface area contributed by atoms with Crippen molar-refractivity contribution in [3.05, 3.63) is 16.4 Å². The fourth-order valence-corrected chi connectivity index (χ4v) is 3.03. The standard InChI is InChI=1S/C14H25Cl2N3/c1-6-11-13(16)12(19(5)18-11)9-17-8-10(15)7-14(2,3)4/h10,17H,6-9H2,1-5H3. The van der Waals surface area contributed by atoms with Crippen molar-refractivity contribution in [2.75, 3.05) is 6.54 Å². The van der Waals surface area contributed by atoms with Crippen LogP contribution in [-0.2, 0) is 20.0 Å². The van der Waals surface area contributed by atoms with Gasteiger partial charge in [0, 0.05) is 25.5 Å². The maximum absolute atomic E-state index is 6.33. The zero-order chi connectivity index (χ0) is 14.6. The van der Waals surface area contributed by atoms with Crippen LogP contribution in [0.4, 0.5) is 0 Å². The number of aromatic nitrogens is 2. The average molecular weight is 306 g/mol. The Morgan fingerprint density at radius 1 is 1.37 bits per heavy atom. The zero-order valence-corrected chi connectivity index (χ0v) is 14.1. The van der Waals surface area contributed by atoms with Gasteiger partial charge >= 0.3 is 0 Å². The molecule has 0 radical (unpaired) electrons. The number of hydrogen-bond donors (Lipinski definition) is 1. The molecule has 3 nitrogen and oxygen atoms in total. The third-order valence-corrected chi connectivity index (χ3v) is 3.74. The Balaban J connectivity index is 2.48. The zero-order valence-electron chi connectivity index (χ0n) is 12.6. The Morgan fingerprint density at radius 2 is 2.00 bits per heavy atom. The molecule has 1 rings (SSSR count). The van der Waals surface area contributed by atoms with Gasteiger partial charge in [0.15, 0.2) is 0 Å². The monoisotopic (exact) mass is 305 g/mol. The molecule has 1 unspecified atom stereocenters. The third-order valence-electron chi connectivity index (χ3n) is 3.00.